The minimum absolute atomic E-state index is 0.139. The first-order chi connectivity index (χ1) is 9.74. The molecule has 0 aliphatic rings. The van der Waals surface area contributed by atoms with Crippen molar-refractivity contribution in [1.29, 1.82) is 0 Å². The number of hydrogen-bond donors (Lipinski definition) is 2. The largest absolute Gasteiger partial charge is 0.508 e. The molecule has 0 heterocycles. The fourth-order valence-corrected chi connectivity index (χ4v) is 1.51. The molecule has 0 aromatic heterocycles. The lowest BCUT2D eigenvalue weighted by molar-refractivity contribution is 0.138. The Morgan fingerprint density at radius 1 is 1.00 bits per heavy atom. The highest BCUT2D eigenvalue weighted by Crippen LogP contribution is 2.13. The summed E-state index contributed by atoms with van der Waals surface area (Å²) in [7, 11) is 0. The van der Waals surface area contributed by atoms with Crippen molar-refractivity contribution in [3.63, 3.8) is 0 Å². The standard InChI is InChI=1S/C15H15NO4/c17-13-8-6-12(7-9-13)16-15(18)20-11-10-19-14-4-2-1-3-5-14/h1-9,17H,10-11H2,(H,16,18). The van der Waals surface area contributed by atoms with E-state index in [1.807, 2.05) is 30.3 Å². The molecular formula is C15H15NO4. The number of nitrogens with one attached hydrogen (secondary N) is 1. The molecule has 0 bridgehead atoms. The van der Waals surface area contributed by atoms with E-state index in [-0.39, 0.29) is 19.0 Å². The molecule has 2 aromatic carbocycles. The van der Waals surface area contributed by atoms with Gasteiger partial charge in [0.15, 0.2) is 0 Å². The second kappa shape index (κ2) is 7.04. The molecule has 0 unspecified atom stereocenters. The van der Waals surface area contributed by atoms with Crippen molar-refractivity contribution in [2.45, 2.75) is 0 Å². The van der Waals surface area contributed by atoms with Gasteiger partial charge in [-0.3, -0.25) is 5.32 Å². The topological polar surface area (TPSA) is 67.8 Å². The fraction of sp³-hybridized carbons (Fsp3) is 0.133. The van der Waals surface area contributed by atoms with Gasteiger partial charge in [-0.15, -0.1) is 0 Å². The van der Waals surface area contributed by atoms with Gasteiger partial charge >= 0.3 is 6.09 Å². The maximum atomic E-state index is 11.5. The van der Waals surface area contributed by atoms with Crippen LogP contribution in [0.15, 0.2) is 54.6 Å². The van der Waals surface area contributed by atoms with E-state index in [4.69, 9.17) is 14.6 Å². The van der Waals surface area contributed by atoms with E-state index >= 15 is 0 Å². The number of carbonyl (C=O) groups excluding carboxylic acids is 1. The van der Waals surface area contributed by atoms with E-state index in [0.717, 1.165) is 5.75 Å². The zero-order valence-corrected chi connectivity index (χ0v) is 10.8. The number of para-hydroxylation sites is 1. The summed E-state index contributed by atoms with van der Waals surface area (Å²) in [5.74, 6) is 0.871. The van der Waals surface area contributed by atoms with Gasteiger partial charge in [-0.05, 0) is 36.4 Å². The summed E-state index contributed by atoms with van der Waals surface area (Å²) in [5, 5.41) is 11.7. The predicted molar refractivity (Wildman–Crippen MR) is 75.0 cm³/mol. The summed E-state index contributed by atoms with van der Waals surface area (Å²) in [4.78, 5) is 11.5. The van der Waals surface area contributed by atoms with Gasteiger partial charge in [-0.2, -0.15) is 0 Å². The van der Waals surface area contributed by atoms with E-state index in [9.17, 15) is 4.79 Å². The normalized spacial score (nSPS) is 9.80. The Kier molecular flexibility index (Phi) is 4.83. The number of amides is 1. The lowest BCUT2D eigenvalue weighted by Gasteiger charge is -2.08. The van der Waals surface area contributed by atoms with Crippen LogP contribution in [-0.4, -0.2) is 24.4 Å². The Bertz CT molecular complexity index is 540. The SMILES string of the molecule is O=C(Nc1ccc(O)cc1)OCCOc1ccccc1. The second-order valence-corrected chi connectivity index (χ2v) is 3.97. The van der Waals surface area contributed by atoms with E-state index in [2.05, 4.69) is 5.32 Å². The van der Waals surface area contributed by atoms with E-state index < -0.39 is 6.09 Å². The molecule has 0 aliphatic heterocycles. The van der Waals surface area contributed by atoms with Gasteiger partial charge in [-0.25, -0.2) is 4.79 Å². The maximum absolute atomic E-state index is 11.5. The van der Waals surface area contributed by atoms with Crippen LogP contribution in [0.25, 0.3) is 0 Å². The van der Waals surface area contributed by atoms with Crippen LogP contribution >= 0.6 is 0 Å². The Labute approximate surface area is 116 Å². The number of phenolic OH excluding ortho intramolecular Hbond substituents is 1. The van der Waals surface area contributed by atoms with Gasteiger partial charge in [0.25, 0.3) is 0 Å². The van der Waals surface area contributed by atoms with Crippen LogP contribution in [0.5, 0.6) is 11.5 Å². The zero-order valence-electron chi connectivity index (χ0n) is 10.8. The molecule has 2 rings (SSSR count). The average Bonchev–Trinajstić information content (AvgIpc) is 2.47. The zero-order chi connectivity index (χ0) is 14.2. The molecule has 0 atom stereocenters. The van der Waals surface area contributed by atoms with Crippen LogP contribution in [0, 0.1) is 0 Å². The van der Waals surface area contributed by atoms with Crippen LogP contribution in [0.1, 0.15) is 0 Å². The molecule has 20 heavy (non-hydrogen) atoms. The number of hydrogen-bond acceptors (Lipinski definition) is 4. The number of carbonyl (C=O) groups is 1. The van der Waals surface area contributed by atoms with Crippen molar-refractivity contribution in [3.8, 4) is 11.5 Å². The fourth-order valence-electron chi connectivity index (χ4n) is 1.51. The third-order valence-electron chi connectivity index (χ3n) is 2.44. The number of ether oxygens (including phenoxy) is 2. The van der Waals surface area contributed by atoms with Crippen LogP contribution in [-0.2, 0) is 4.74 Å². The van der Waals surface area contributed by atoms with Gasteiger partial charge in [-0.1, -0.05) is 18.2 Å². The summed E-state index contributed by atoms with van der Waals surface area (Å²) in [6.45, 7) is 0.436. The minimum atomic E-state index is -0.563. The third kappa shape index (κ3) is 4.53. The van der Waals surface area contributed by atoms with Gasteiger partial charge in [0, 0.05) is 5.69 Å². The molecule has 5 heteroatoms. The van der Waals surface area contributed by atoms with Crippen molar-refractivity contribution < 1.29 is 19.4 Å². The molecule has 0 saturated carbocycles. The Hall–Kier alpha value is -2.69. The molecule has 2 N–H and O–H groups in total. The van der Waals surface area contributed by atoms with Crippen molar-refractivity contribution >= 4 is 11.8 Å². The minimum Gasteiger partial charge on any atom is -0.508 e. The van der Waals surface area contributed by atoms with E-state index in [1.54, 1.807) is 12.1 Å². The molecule has 0 radical (unpaired) electrons. The molecule has 0 spiro atoms. The lowest BCUT2D eigenvalue weighted by Crippen LogP contribution is -2.17. The first-order valence-electron chi connectivity index (χ1n) is 6.15. The van der Waals surface area contributed by atoms with Crippen molar-refractivity contribution in [2.75, 3.05) is 18.5 Å². The summed E-state index contributed by atoms with van der Waals surface area (Å²) in [5.41, 5.74) is 0.553. The van der Waals surface area contributed by atoms with E-state index in [0.29, 0.717) is 5.69 Å². The Morgan fingerprint density at radius 2 is 1.70 bits per heavy atom. The Morgan fingerprint density at radius 3 is 2.40 bits per heavy atom. The Balaban J connectivity index is 1.66. The van der Waals surface area contributed by atoms with Gasteiger partial charge < -0.3 is 14.6 Å². The predicted octanol–water partition coefficient (Wildman–Crippen LogP) is 3.02. The van der Waals surface area contributed by atoms with Crippen molar-refractivity contribution in [1.82, 2.24) is 0 Å². The van der Waals surface area contributed by atoms with Crippen molar-refractivity contribution in [3.05, 3.63) is 54.6 Å². The molecule has 0 fully saturated rings. The number of benzene rings is 2. The number of rotatable bonds is 5. The maximum Gasteiger partial charge on any atom is 0.411 e. The third-order valence-corrected chi connectivity index (χ3v) is 2.44. The van der Waals surface area contributed by atoms with Crippen LogP contribution in [0.4, 0.5) is 10.5 Å². The summed E-state index contributed by atoms with van der Waals surface area (Å²) in [6.07, 6.45) is -0.563. The van der Waals surface area contributed by atoms with E-state index in [1.165, 1.54) is 12.1 Å². The molecular weight excluding hydrogens is 258 g/mol. The first-order valence-corrected chi connectivity index (χ1v) is 6.15. The molecule has 0 aliphatic carbocycles. The highest BCUT2D eigenvalue weighted by Gasteiger charge is 2.03. The molecule has 5 nitrogen and oxygen atoms in total. The van der Waals surface area contributed by atoms with Crippen LogP contribution in [0.3, 0.4) is 0 Å². The van der Waals surface area contributed by atoms with Crippen LogP contribution in [0.2, 0.25) is 0 Å². The second-order valence-electron chi connectivity index (χ2n) is 3.97. The number of anilines is 1. The van der Waals surface area contributed by atoms with Crippen LogP contribution < -0.4 is 10.1 Å². The van der Waals surface area contributed by atoms with Gasteiger partial charge in [0.05, 0.1) is 0 Å². The summed E-state index contributed by atoms with van der Waals surface area (Å²) in [6, 6.07) is 15.4. The molecule has 0 saturated heterocycles. The van der Waals surface area contributed by atoms with Gasteiger partial charge in [0.2, 0.25) is 0 Å². The smallest absolute Gasteiger partial charge is 0.411 e. The number of phenols is 1. The molecule has 2 aromatic rings. The monoisotopic (exact) mass is 273 g/mol. The molecule has 104 valence electrons. The first kappa shape index (κ1) is 13.7. The summed E-state index contributed by atoms with van der Waals surface area (Å²) < 4.78 is 10.3. The lowest BCUT2D eigenvalue weighted by atomic mass is 10.3. The highest BCUT2D eigenvalue weighted by molar-refractivity contribution is 5.84. The van der Waals surface area contributed by atoms with Crippen molar-refractivity contribution in [2.24, 2.45) is 0 Å². The van der Waals surface area contributed by atoms with Gasteiger partial charge in [0.1, 0.15) is 24.7 Å². The number of aromatic hydroxyl groups is 1. The quantitative estimate of drug-likeness (QED) is 0.649. The summed E-state index contributed by atoms with van der Waals surface area (Å²) >= 11 is 0. The molecule has 1 amide bonds. The average molecular weight is 273 g/mol. The highest BCUT2D eigenvalue weighted by atomic mass is 16.6.